The van der Waals surface area contributed by atoms with Gasteiger partial charge in [-0.1, -0.05) is 0 Å². The van der Waals surface area contributed by atoms with Gasteiger partial charge in [0.25, 0.3) is 0 Å². The average molecular weight is 330 g/mol. The Morgan fingerprint density at radius 3 is 2.88 bits per heavy atom. The minimum atomic E-state index is -0.481. The standard InChI is InChI=1S/C16H22N6O2/c1-5-24-14-11-6-7-17-13(11)20-15(21-14)19-12-8-18-22(10(12)2)16(3,4)9-23/h6-8,23H,5,9H2,1-4H3,(H2,17,19,20,21). The van der Waals surface area contributed by atoms with Gasteiger partial charge in [-0.3, -0.25) is 4.68 Å². The molecule has 0 aliphatic rings. The first kappa shape index (κ1) is 16.3. The number of H-pyrrole nitrogens is 1. The van der Waals surface area contributed by atoms with Crippen LogP contribution in [0.5, 0.6) is 5.88 Å². The van der Waals surface area contributed by atoms with Crippen molar-refractivity contribution in [2.24, 2.45) is 0 Å². The summed E-state index contributed by atoms with van der Waals surface area (Å²) in [6.45, 7) is 8.21. The van der Waals surface area contributed by atoms with Crippen LogP contribution in [0.15, 0.2) is 18.5 Å². The molecule has 0 saturated carbocycles. The van der Waals surface area contributed by atoms with Crippen molar-refractivity contribution in [1.82, 2.24) is 24.7 Å². The Balaban J connectivity index is 1.96. The summed E-state index contributed by atoms with van der Waals surface area (Å²) < 4.78 is 7.38. The van der Waals surface area contributed by atoms with Gasteiger partial charge in [-0.2, -0.15) is 15.1 Å². The molecule has 0 spiro atoms. The van der Waals surface area contributed by atoms with Gasteiger partial charge in [0.05, 0.1) is 41.7 Å². The Hall–Kier alpha value is -2.61. The smallest absolute Gasteiger partial charge is 0.232 e. The second-order valence-electron chi connectivity index (χ2n) is 6.18. The van der Waals surface area contributed by atoms with Gasteiger partial charge in [0.15, 0.2) is 0 Å². The highest BCUT2D eigenvalue weighted by molar-refractivity contribution is 5.82. The Bertz CT molecular complexity index is 851. The highest BCUT2D eigenvalue weighted by Gasteiger charge is 2.23. The fourth-order valence-electron chi connectivity index (χ4n) is 2.55. The van der Waals surface area contributed by atoms with Crippen LogP contribution in [0.1, 0.15) is 26.5 Å². The predicted octanol–water partition coefficient (Wildman–Crippen LogP) is 2.33. The maximum absolute atomic E-state index is 9.53. The number of anilines is 2. The molecular weight excluding hydrogens is 308 g/mol. The van der Waals surface area contributed by atoms with Crippen LogP contribution in [0.3, 0.4) is 0 Å². The summed E-state index contributed by atoms with van der Waals surface area (Å²) in [4.78, 5) is 12.0. The first-order chi connectivity index (χ1) is 11.5. The van der Waals surface area contributed by atoms with E-state index in [0.717, 1.165) is 16.8 Å². The van der Waals surface area contributed by atoms with Gasteiger partial charge in [-0.25, -0.2) is 0 Å². The second-order valence-corrected chi connectivity index (χ2v) is 6.18. The van der Waals surface area contributed by atoms with Gasteiger partial charge in [0.2, 0.25) is 11.8 Å². The van der Waals surface area contributed by atoms with Crippen LogP contribution in [-0.4, -0.2) is 43.1 Å². The van der Waals surface area contributed by atoms with E-state index in [2.05, 4.69) is 25.4 Å². The molecule has 3 N–H and O–H groups in total. The number of hydrogen-bond donors (Lipinski definition) is 3. The highest BCUT2D eigenvalue weighted by atomic mass is 16.5. The fourth-order valence-corrected chi connectivity index (χ4v) is 2.55. The molecule has 3 rings (SSSR count). The van der Waals surface area contributed by atoms with E-state index < -0.39 is 5.54 Å². The maximum atomic E-state index is 9.53. The Morgan fingerprint density at radius 2 is 2.17 bits per heavy atom. The van der Waals surface area contributed by atoms with Crippen molar-refractivity contribution >= 4 is 22.7 Å². The molecule has 0 atom stereocenters. The molecular formula is C16H22N6O2. The lowest BCUT2D eigenvalue weighted by Gasteiger charge is -2.24. The van der Waals surface area contributed by atoms with Crippen molar-refractivity contribution in [1.29, 1.82) is 0 Å². The molecule has 3 aromatic heterocycles. The Kier molecular flexibility index (Phi) is 4.15. The summed E-state index contributed by atoms with van der Waals surface area (Å²) >= 11 is 0. The molecule has 8 heteroatoms. The zero-order valence-electron chi connectivity index (χ0n) is 14.3. The van der Waals surface area contributed by atoms with E-state index >= 15 is 0 Å². The molecule has 0 unspecified atom stereocenters. The SMILES string of the molecule is CCOc1nc(Nc2cnn(C(C)(C)CO)c2C)nc2[nH]ccc12. The summed E-state index contributed by atoms with van der Waals surface area (Å²) in [5.41, 5.74) is 1.90. The summed E-state index contributed by atoms with van der Waals surface area (Å²) in [6.07, 6.45) is 3.51. The molecule has 8 nitrogen and oxygen atoms in total. The lowest BCUT2D eigenvalue weighted by Crippen LogP contribution is -2.32. The number of nitrogens with zero attached hydrogens (tertiary/aromatic N) is 4. The van der Waals surface area contributed by atoms with Crippen molar-refractivity contribution in [2.45, 2.75) is 33.2 Å². The molecule has 0 saturated heterocycles. The predicted molar refractivity (Wildman–Crippen MR) is 91.7 cm³/mol. The lowest BCUT2D eigenvalue weighted by molar-refractivity contribution is 0.150. The average Bonchev–Trinajstić information content (AvgIpc) is 3.15. The molecule has 0 radical (unpaired) electrons. The molecule has 128 valence electrons. The van der Waals surface area contributed by atoms with Crippen LogP contribution < -0.4 is 10.1 Å². The van der Waals surface area contributed by atoms with Crippen LogP contribution in [0.25, 0.3) is 11.0 Å². The molecule has 0 fully saturated rings. The van der Waals surface area contributed by atoms with Crippen molar-refractivity contribution in [3.05, 3.63) is 24.2 Å². The zero-order valence-corrected chi connectivity index (χ0v) is 14.3. The molecule has 24 heavy (non-hydrogen) atoms. The van der Waals surface area contributed by atoms with E-state index in [1.165, 1.54) is 0 Å². The Labute approximate surface area is 139 Å². The molecule has 0 aliphatic heterocycles. The number of aromatic amines is 1. The number of aliphatic hydroxyl groups is 1. The molecule has 0 aromatic carbocycles. The first-order valence-electron chi connectivity index (χ1n) is 7.87. The summed E-state index contributed by atoms with van der Waals surface area (Å²) in [6, 6.07) is 1.89. The van der Waals surface area contributed by atoms with E-state index in [1.54, 1.807) is 17.1 Å². The highest BCUT2D eigenvalue weighted by Crippen LogP contribution is 2.27. The molecule has 0 amide bonds. The van der Waals surface area contributed by atoms with E-state index in [-0.39, 0.29) is 6.61 Å². The number of nitrogens with one attached hydrogen (secondary N) is 2. The van der Waals surface area contributed by atoms with E-state index in [9.17, 15) is 5.11 Å². The largest absolute Gasteiger partial charge is 0.477 e. The third-order valence-electron chi connectivity index (χ3n) is 3.88. The van der Waals surface area contributed by atoms with Crippen LogP contribution in [-0.2, 0) is 5.54 Å². The minimum Gasteiger partial charge on any atom is -0.477 e. The molecule has 0 bridgehead atoms. The van der Waals surface area contributed by atoms with Crippen molar-refractivity contribution in [2.75, 3.05) is 18.5 Å². The number of ether oxygens (including phenoxy) is 1. The van der Waals surface area contributed by atoms with Gasteiger partial charge in [-0.15, -0.1) is 0 Å². The summed E-state index contributed by atoms with van der Waals surface area (Å²) in [7, 11) is 0. The van der Waals surface area contributed by atoms with E-state index in [4.69, 9.17) is 4.74 Å². The zero-order chi connectivity index (χ0) is 17.3. The molecule has 3 heterocycles. The maximum Gasteiger partial charge on any atom is 0.232 e. The quantitative estimate of drug-likeness (QED) is 0.641. The minimum absolute atomic E-state index is 0.00557. The van der Waals surface area contributed by atoms with Crippen LogP contribution in [0.2, 0.25) is 0 Å². The Morgan fingerprint density at radius 1 is 1.38 bits per heavy atom. The van der Waals surface area contributed by atoms with Crippen molar-refractivity contribution < 1.29 is 9.84 Å². The van der Waals surface area contributed by atoms with Crippen molar-refractivity contribution in [3.8, 4) is 5.88 Å². The molecule has 0 aliphatic carbocycles. The number of fused-ring (bicyclic) bond motifs is 1. The van der Waals surface area contributed by atoms with Gasteiger partial charge in [-0.05, 0) is 33.8 Å². The number of aromatic nitrogens is 5. The number of rotatable bonds is 6. The number of hydrogen-bond acceptors (Lipinski definition) is 6. The fraction of sp³-hybridized carbons (Fsp3) is 0.438. The third-order valence-corrected chi connectivity index (χ3v) is 3.88. The van der Waals surface area contributed by atoms with Crippen molar-refractivity contribution in [3.63, 3.8) is 0 Å². The van der Waals surface area contributed by atoms with E-state index in [1.807, 2.05) is 33.8 Å². The lowest BCUT2D eigenvalue weighted by atomic mass is 10.1. The monoisotopic (exact) mass is 330 g/mol. The number of aliphatic hydroxyl groups excluding tert-OH is 1. The van der Waals surface area contributed by atoms with Gasteiger partial charge < -0.3 is 20.1 Å². The second kappa shape index (κ2) is 6.12. The van der Waals surface area contributed by atoms with Gasteiger partial charge in [0.1, 0.15) is 5.65 Å². The summed E-state index contributed by atoms with van der Waals surface area (Å²) in [5, 5.41) is 17.9. The van der Waals surface area contributed by atoms with Gasteiger partial charge >= 0.3 is 0 Å². The topological polar surface area (TPSA) is 101 Å². The van der Waals surface area contributed by atoms with E-state index in [0.29, 0.717) is 24.1 Å². The van der Waals surface area contributed by atoms with Crippen LogP contribution in [0.4, 0.5) is 11.6 Å². The molecule has 3 aromatic rings. The van der Waals surface area contributed by atoms with Crippen LogP contribution in [0, 0.1) is 6.92 Å². The first-order valence-corrected chi connectivity index (χ1v) is 7.87. The third kappa shape index (κ3) is 2.80. The summed E-state index contributed by atoms with van der Waals surface area (Å²) in [5.74, 6) is 0.963. The van der Waals surface area contributed by atoms with Gasteiger partial charge in [0, 0.05) is 6.20 Å². The normalized spacial score (nSPS) is 11.9. The van der Waals surface area contributed by atoms with Crippen LogP contribution >= 0.6 is 0 Å².